The number of aliphatic hydroxyl groups excluding tert-OH is 1. The number of hydrogen-bond donors (Lipinski definition) is 2. The van der Waals surface area contributed by atoms with Gasteiger partial charge in [0.15, 0.2) is 0 Å². The van der Waals surface area contributed by atoms with Crippen LogP contribution in [0.15, 0.2) is 0 Å². The number of piperidine rings is 1. The van der Waals surface area contributed by atoms with Crippen LogP contribution in [0.2, 0.25) is 0 Å². The summed E-state index contributed by atoms with van der Waals surface area (Å²) < 4.78 is 4.80. The van der Waals surface area contributed by atoms with E-state index in [1.54, 1.807) is 6.92 Å². The van der Waals surface area contributed by atoms with Crippen molar-refractivity contribution in [2.24, 2.45) is 5.92 Å². The number of nitrogens with zero attached hydrogens (tertiary/aromatic N) is 1. The topological polar surface area (TPSA) is 61.8 Å². The second-order valence-corrected chi connectivity index (χ2v) is 5.20. The van der Waals surface area contributed by atoms with Crippen molar-refractivity contribution < 1.29 is 14.6 Å². The average molecular weight is 272 g/mol. The second kappa shape index (κ2) is 9.28. The van der Waals surface area contributed by atoms with Gasteiger partial charge in [-0.05, 0) is 51.9 Å². The van der Waals surface area contributed by atoms with Gasteiger partial charge in [0.1, 0.15) is 0 Å². The Bertz CT molecular complexity index is 253. The van der Waals surface area contributed by atoms with Crippen molar-refractivity contribution in [3.63, 3.8) is 0 Å². The van der Waals surface area contributed by atoms with E-state index in [0.29, 0.717) is 19.1 Å². The van der Waals surface area contributed by atoms with Gasteiger partial charge in [0, 0.05) is 6.54 Å². The zero-order valence-electron chi connectivity index (χ0n) is 12.2. The predicted octanol–water partition coefficient (Wildman–Crippen LogP) is 0.622. The smallest absolute Gasteiger partial charge is 0.308 e. The van der Waals surface area contributed by atoms with Gasteiger partial charge in [0.05, 0.1) is 19.1 Å². The van der Waals surface area contributed by atoms with Gasteiger partial charge in [-0.1, -0.05) is 6.92 Å². The van der Waals surface area contributed by atoms with Crippen molar-refractivity contribution in [2.75, 3.05) is 39.3 Å². The lowest BCUT2D eigenvalue weighted by Crippen LogP contribution is -2.39. The Morgan fingerprint density at radius 2 is 2.11 bits per heavy atom. The lowest BCUT2D eigenvalue weighted by atomic mass is 9.97. The minimum absolute atomic E-state index is 0.0785. The number of rotatable bonds is 8. The van der Waals surface area contributed by atoms with Crippen LogP contribution in [-0.2, 0) is 9.53 Å². The lowest BCUT2D eigenvalue weighted by Gasteiger charge is -2.31. The first-order valence-corrected chi connectivity index (χ1v) is 7.42. The normalized spacial score (nSPS) is 19.3. The van der Waals surface area contributed by atoms with Crippen molar-refractivity contribution in [1.82, 2.24) is 10.2 Å². The van der Waals surface area contributed by atoms with Gasteiger partial charge in [-0.15, -0.1) is 0 Å². The van der Waals surface area contributed by atoms with E-state index < -0.39 is 6.10 Å². The fraction of sp³-hybridized carbons (Fsp3) is 0.929. The summed E-state index contributed by atoms with van der Waals surface area (Å²) in [6, 6.07) is 0. The maximum Gasteiger partial charge on any atom is 0.308 e. The third-order valence-corrected chi connectivity index (χ3v) is 3.67. The second-order valence-electron chi connectivity index (χ2n) is 5.20. The molecular weight excluding hydrogens is 244 g/mol. The Hall–Kier alpha value is -0.650. The number of hydrogen-bond acceptors (Lipinski definition) is 5. The molecule has 0 aromatic rings. The van der Waals surface area contributed by atoms with E-state index in [4.69, 9.17) is 4.74 Å². The molecule has 5 heteroatoms. The van der Waals surface area contributed by atoms with Crippen molar-refractivity contribution in [3.05, 3.63) is 0 Å². The van der Waals surface area contributed by atoms with Gasteiger partial charge in [0.2, 0.25) is 0 Å². The van der Waals surface area contributed by atoms with Crippen LogP contribution in [0.3, 0.4) is 0 Å². The summed E-state index contributed by atoms with van der Waals surface area (Å²) in [4.78, 5) is 13.6. The standard InChI is InChI=1S/C14H28N2O3/c1-3-16-7-5-12(6-8-16)10-15-11-13(17)9-14(18)19-4-2/h12-13,15,17H,3-11H2,1-2H3. The molecule has 1 atom stereocenters. The molecule has 5 nitrogen and oxygen atoms in total. The van der Waals surface area contributed by atoms with E-state index >= 15 is 0 Å². The number of likely N-dealkylation sites (tertiary alicyclic amines) is 1. The Balaban J connectivity index is 2.05. The van der Waals surface area contributed by atoms with Crippen LogP contribution >= 0.6 is 0 Å². The molecular formula is C14H28N2O3. The van der Waals surface area contributed by atoms with E-state index in [0.717, 1.165) is 13.1 Å². The Morgan fingerprint density at radius 3 is 2.68 bits per heavy atom. The highest BCUT2D eigenvalue weighted by Crippen LogP contribution is 2.15. The maximum absolute atomic E-state index is 11.2. The van der Waals surface area contributed by atoms with Crippen molar-refractivity contribution >= 4 is 5.97 Å². The predicted molar refractivity (Wildman–Crippen MR) is 75.0 cm³/mol. The molecule has 1 aliphatic heterocycles. The summed E-state index contributed by atoms with van der Waals surface area (Å²) in [5.74, 6) is 0.366. The molecule has 0 aliphatic carbocycles. The van der Waals surface area contributed by atoms with Gasteiger partial charge < -0.3 is 20.1 Å². The molecule has 1 unspecified atom stereocenters. The van der Waals surface area contributed by atoms with Crippen LogP contribution in [0.5, 0.6) is 0 Å². The Kier molecular flexibility index (Phi) is 8.02. The molecule has 1 aliphatic rings. The van der Waals surface area contributed by atoms with E-state index in [1.807, 2.05) is 0 Å². The minimum atomic E-state index is -0.644. The largest absolute Gasteiger partial charge is 0.466 e. The molecule has 112 valence electrons. The van der Waals surface area contributed by atoms with E-state index in [9.17, 15) is 9.90 Å². The zero-order chi connectivity index (χ0) is 14.1. The lowest BCUT2D eigenvalue weighted by molar-refractivity contribution is -0.145. The van der Waals surface area contributed by atoms with Crippen LogP contribution in [0.4, 0.5) is 0 Å². The molecule has 19 heavy (non-hydrogen) atoms. The Morgan fingerprint density at radius 1 is 1.42 bits per heavy atom. The summed E-state index contributed by atoms with van der Waals surface area (Å²) >= 11 is 0. The molecule has 0 aromatic carbocycles. The van der Waals surface area contributed by atoms with Gasteiger partial charge in [0.25, 0.3) is 0 Å². The minimum Gasteiger partial charge on any atom is -0.466 e. The van der Waals surface area contributed by atoms with Crippen molar-refractivity contribution in [1.29, 1.82) is 0 Å². The first-order chi connectivity index (χ1) is 9.15. The number of carbonyl (C=O) groups excluding carboxylic acids is 1. The van der Waals surface area contributed by atoms with E-state index in [1.165, 1.54) is 25.9 Å². The molecule has 1 fully saturated rings. The third-order valence-electron chi connectivity index (χ3n) is 3.67. The molecule has 1 rings (SSSR count). The number of esters is 1. The first kappa shape index (κ1) is 16.4. The molecule has 0 saturated carbocycles. The Labute approximate surface area is 116 Å². The van der Waals surface area contributed by atoms with Crippen LogP contribution in [0.25, 0.3) is 0 Å². The fourth-order valence-corrected chi connectivity index (χ4v) is 2.45. The molecule has 0 spiro atoms. The van der Waals surface area contributed by atoms with E-state index in [2.05, 4.69) is 17.1 Å². The van der Waals surface area contributed by atoms with Crippen molar-refractivity contribution in [2.45, 2.75) is 39.2 Å². The first-order valence-electron chi connectivity index (χ1n) is 7.42. The van der Waals surface area contributed by atoms with Crippen molar-refractivity contribution in [3.8, 4) is 0 Å². The van der Waals surface area contributed by atoms with Gasteiger partial charge in [-0.25, -0.2) is 0 Å². The summed E-state index contributed by atoms with van der Waals surface area (Å²) in [6.07, 6.45) is 1.87. The molecule has 1 saturated heterocycles. The van der Waals surface area contributed by atoms with Crippen LogP contribution in [0, 0.1) is 5.92 Å². The zero-order valence-corrected chi connectivity index (χ0v) is 12.2. The van der Waals surface area contributed by atoms with Gasteiger partial charge >= 0.3 is 5.97 Å². The summed E-state index contributed by atoms with van der Waals surface area (Å²) in [5, 5.41) is 12.9. The highest BCUT2D eigenvalue weighted by Gasteiger charge is 2.18. The molecule has 1 heterocycles. The summed E-state index contributed by atoms with van der Waals surface area (Å²) in [5.41, 5.74) is 0. The average Bonchev–Trinajstić information content (AvgIpc) is 2.39. The fourth-order valence-electron chi connectivity index (χ4n) is 2.45. The number of carbonyl (C=O) groups is 1. The van der Waals surface area contributed by atoms with Gasteiger partial charge in [-0.3, -0.25) is 4.79 Å². The summed E-state index contributed by atoms with van der Waals surface area (Å²) in [6.45, 7) is 9.22. The molecule has 0 radical (unpaired) electrons. The monoisotopic (exact) mass is 272 g/mol. The SMILES string of the molecule is CCOC(=O)CC(O)CNCC1CCN(CC)CC1. The van der Waals surface area contributed by atoms with Crippen LogP contribution in [0.1, 0.15) is 33.1 Å². The number of aliphatic hydroxyl groups is 1. The molecule has 0 aromatic heterocycles. The molecule has 0 amide bonds. The highest BCUT2D eigenvalue weighted by atomic mass is 16.5. The van der Waals surface area contributed by atoms with Crippen LogP contribution in [-0.4, -0.2) is 61.4 Å². The molecule has 2 N–H and O–H groups in total. The highest BCUT2D eigenvalue weighted by molar-refractivity contribution is 5.69. The number of nitrogens with one attached hydrogen (secondary N) is 1. The molecule has 0 bridgehead atoms. The third kappa shape index (κ3) is 6.89. The van der Waals surface area contributed by atoms with Gasteiger partial charge in [-0.2, -0.15) is 0 Å². The maximum atomic E-state index is 11.2. The number of ether oxygens (including phenoxy) is 1. The summed E-state index contributed by atoms with van der Waals surface area (Å²) in [7, 11) is 0. The van der Waals surface area contributed by atoms with Crippen LogP contribution < -0.4 is 5.32 Å². The van der Waals surface area contributed by atoms with E-state index in [-0.39, 0.29) is 12.4 Å². The quantitative estimate of drug-likeness (QED) is 0.634.